The Morgan fingerprint density at radius 3 is 2.82 bits per heavy atom. The van der Waals surface area contributed by atoms with Crippen molar-refractivity contribution in [2.75, 3.05) is 13.6 Å². The van der Waals surface area contributed by atoms with Crippen molar-refractivity contribution in [3.63, 3.8) is 0 Å². The third-order valence-electron chi connectivity index (χ3n) is 4.48. The molecule has 2 aliphatic heterocycles. The minimum atomic E-state index is 0.851. The summed E-state index contributed by atoms with van der Waals surface area (Å²) in [5, 5.41) is 3.53. The second kappa shape index (κ2) is 4.78. The van der Waals surface area contributed by atoms with Crippen molar-refractivity contribution in [1.82, 2.24) is 20.2 Å². The Kier molecular flexibility index (Phi) is 3.16. The zero-order chi connectivity index (χ0) is 11.7. The minimum Gasteiger partial charge on any atom is -0.348 e. The van der Waals surface area contributed by atoms with E-state index >= 15 is 0 Å². The molecule has 0 spiro atoms. The summed E-state index contributed by atoms with van der Waals surface area (Å²) in [6.45, 7) is 2.01. The van der Waals surface area contributed by atoms with Crippen LogP contribution in [0.2, 0.25) is 0 Å². The first-order valence-corrected chi connectivity index (χ1v) is 6.74. The Hall–Kier alpha value is -0.870. The molecular weight excluding hydrogens is 212 g/mol. The molecule has 3 rings (SSSR count). The van der Waals surface area contributed by atoms with Gasteiger partial charge < -0.3 is 15.2 Å². The summed E-state index contributed by atoms with van der Waals surface area (Å²) in [6, 6.07) is 1.70. The van der Waals surface area contributed by atoms with Gasteiger partial charge in [0.05, 0.1) is 6.54 Å². The lowest BCUT2D eigenvalue weighted by atomic mass is 9.91. The standard InChI is InChI=1S/C13H22N4/c1-17-11-2-3-12(17)7-10(6-11)8-14-9-13-15-4-5-16-13/h4-5,10-12,14H,2-3,6-9H2,1H3,(H,15,16). The monoisotopic (exact) mass is 234 g/mol. The molecule has 94 valence electrons. The summed E-state index contributed by atoms with van der Waals surface area (Å²) in [5.74, 6) is 1.90. The van der Waals surface area contributed by atoms with Crippen LogP contribution in [-0.4, -0.2) is 40.5 Å². The van der Waals surface area contributed by atoms with Crippen molar-refractivity contribution < 1.29 is 0 Å². The van der Waals surface area contributed by atoms with E-state index in [4.69, 9.17) is 0 Å². The molecule has 0 radical (unpaired) electrons. The molecule has 0 aliphatic carbocycles. The average molecular weight is 234 g/mol. The third kappa shape index (κ3) is 2.38. The number of aromatic nitrogens is 2. The third-order valence-corrected chi connectivity index (χ3v) is 4.48. The number of nitrogens with one attached hydrogen (secondary N) is 2. The van der Waals surface area contributed by atoms with E-state index in [0.717, 1.165) is 36.9 Å². The summed E-state index contributed by atoms with van der Waals surface area (Å²) >= 11 is 0. The van der Waals surface area contributed by atoms with Gasteiger partial charge in [-0.1, -0.05) is 0 Å². The molecular formula is C13H22N4. The zero-order valence-corrected chi connectivity index (χ0v) is 10.5. The van der Waals surface area contributed by atoms with Crippen molar-refractivity contribution in [1.29, 1.82) is 0 Å². The fourth-order valence-electron chi connectivity index (χ4n) is 3.48. The molecule has 0 amide bonds. The number of piperidine rings is 1. The number of hydrogen-bond donors (Lipinski definition) is 2. The molecule has 2 bridgehead atoms. The fraction of sp³-hybridized carbons (Fsp3) is 0.769. The van der Waals surface area contributed by atoms with Gasteiger partial charge in [0.2, 0.25) is 0 Å². The van der Waals surface area contributed by atoms with E-state index in [9.17, 15) is 0 Å². The SMILES string of the molecule is CN1C2CCC1CC(CNCc1ncc[nH]1)C2. The number of H-pyrrole nitrogens is 1. The second-order valence-electron chi connectivity index (χ2n) is 5.55. The van der Waals surface area contributed by atoms with Crippen LogP contribution in [0.1, 0.15) is 31.5 Å². The molecule has 1 aromatic rings. The van der Waals surface area contributed by atoms with E-state index in [1.54, 1.807) is 0 Å². The molecule has 2 atom stereocenters. The van der Waals surface area contributed by atoms with Gasteiger partial charge in [-0.15, -0.1) is 0 Å². The van der Waals surface area contributed by atoms with Crippen LogP contribution in [0.5, 0.6) is 0 Å². The zero-order valence-electron chi connectivity index (χ0n) is 10.5. The maximum Gasteiger partial charge on any atom is 0.120 e. The maximum absolute atomic E-state index is 4.23. The molecule has 1 aromatic heterocycles. The lowest BCUT2D eigenvalue weighted by molar-refractivity contribution is 0.132. The van der Waals surface area contributed by atoms with Crippen molar-refractivity contribution in [3.05, 3.63) is 18.2 Å². The first kappa shape index (κ1) is 11.2. The number of nitrogens with zero attached hydrogens (tertiary/aromatic N) is 2. The fourth-order valence-corrected chi connectivity index (χ4v) is 3.48. The van der Waals surface area contributed by atoms with Gasteiger partial charge >= 0.3 is 0 Å². The largest absolute Gasteiger partial charge is 0.348 e. The Morgan fingerprint density at radius 2 is 2.18 bits per heavy atom. The molecule has 4 nitrogen and oxygen atoms in total. The molecule has 3 heterocycles. The van der Waals surface area contributed by atoms with Gasteiger partial charge in [-0.25, -0.2) is 4.98 Å². The molecule has 2 N–H and O–H groups in total. The first-order valence-electron chi connectivity index (χ1n) is 6.74. The van der Waals surface area contributed by atoms with Gasteiger partial charge in [0.25, 0.3) is 0 Å². The summed E-state index contributed by atoms with van der Waals surface area (Å²) in [4.78, 5) is 9.96. The van der Waals surface area contributed by atoms with Crippen LogP contribution >= 0.6 is 0 Å². The molecule has 2 unspecified atom stereocenters. The lowest BCUT2D eigenvalue weighted by Crippen LogP contribution is -2.42. The van der Waals surface area contributed by atoms with Gasteiger partial charge in [0.1, 0.15) is 5.82 Å². The number of aromatic amines is 1. The van der Waals surface area contributed by atoms with Gasteiger partial charge in [-0.2, -0.15) is 0 Å². The van der Waals surface area contributed by atoms with Crippen LogP contribution in [-0.2, 0) is 6.54 Å². The van der Waals surface area contributed by atoms with E-state index in [-0.39, 0.29) is 0 Å². The van der Waals surface area contributed by atoms with E-state index in [0.29, 0.717) is 0 Å². The highest BCUT2D eigenvalue weighted by atomic mass is 15.2. The number of rotatable bonds is 4. The molecule has 17 heavy (non-hydrogen) atoms. The van der Waals surface area contributed by atoms with E-state index in [1.807, 2.05) is 12.4 Å². The lowest BCUT2D eigenvalue weighted by Gasteiger charge is -2.36. The summed E-state index contributed by atoms with van der Waals surface area (Å²) in [7, 11) is 2.30. The number of fused-ring (bicyclic) bond motifs is 2. The molecule has 2 aliphatic rings. The van der Waals surface area contributed by atoms with Crippen LogP contribution in [0.25, 0.3) is 0 Å². The Labute approximate surface area is 103 Å². The van der Waals surface area contributed by atoms with Crippen molar-refractivity contribution in [2.45, 2.75) is 44.3 Å². The van der Waals surface area contributed by atoms with Crippen molar-refractivity contribution in [2.24, 2.45) is 5.92 Å². The smallest absolute Gasteiger partial charge is 0.120 e. The topological polar surface area (TPSA) is 44.0 Å². The quantitative estimate of drug-likeness (QED) is 0.827. The first-order chi connectivity index (χ1) is 8.33. The van der Waals surface area contributed by atoms with Crippen LogP contribution < -0.4 is 5.32 Å². The predicted octanol–water partition coefficient (Wildman–Crippen LogP) is 1.37. The highest BCUT2D eigenvalue weighted by Crippen LogP contribution is 2.36. The molecule has 2 saturated heterocycles. The summed E-state index contributed by atoms with van der Waals surface area (Å²) in [5.41, 5.74) is 0. The van der Waals surface area contributed by atoms with Crippen LogP contribution in [0.15, 0.2) is 12.4 Å². The summed E-state index contributed by atoms with van der Waals surface area (Å²) in [6.07, 6.45) is 9.27. The van der Waals surface area contributed by atoms with Gasteiger partial charge in [0, 0.05) is 24.5 Å². The summed E-state index contributed by atoms with van der Waals surface area (Å²) < 4.78 is 0. The predicted molar refractivity (Wildman–Crippen MR) is 67.6 cm³/mol. The van der Waals surface area contributed by atoms with Gasteiger partial charge in [-0.05, 0) is 45.2 Å². The average Bonchev–Trinajstić information content (AvgIpc) is 2.87. The van der Waals surface area contributed by atoms with E-state index < -0.39 is 0 Å². The second-order valence-corrected chi connectivity index (χ2v) is 5.55. The molecule has 0 aromatic carbocycles. The number of hydrogen-bond acceptors (Lipinski definition) is 3. The molecule has 2 fully saturated rings. The van der Waals surface area contributed by atoms with Gasteiger partial charge in [-0.3, -0.25) is 0 Å². The van der Waals surface area contributed by atoms with Crippen molar-refractivity contribution >= 4 is 0 Å². The molecule has 0 saturated carbocycles. The Bertz CT molecular complexity index is 334. The normalized spacial score (nSPS) is 33.1. The van der Waals surface area contributed by atoms with E-state index in [1.165, 1.54) is 25.7 Å². The number of imidazole rings is 1. The maximum atomic E-state index is 4.23. The highest BCUT2D eigenvalue weighted by Gasteiger charge is 2.37. The van der Waals surface area contributed by atoms with Crippen LogP contribution in [0.4, 0.5) is 0 Å². The molecule has 4 heteroatoms. The van der Waals surface area contributed by atoms with Crippen LogP contribution in [0.3, 0.4) is 0 Å². The van der Waals surface area contributed by atoms with Crippen molar-refractivity contribution in [3.8, 4) is 0 Å². The minimum absolute atomic E-state index is 0.851. The van der Waals surface area contributed by atoms with E-state index in [2.05, 4.69) is 27.2 Å². The van der Waals surface area contributed by atoms with Crippen LogP contribution in [0, 0.1) is 5.92 Å². The van der Waals surface area contributed by atoms with Gasteiger partial charge in [0.15, 0.2) is 0 Å². The Balaban J connectivity index is 1.44. The Morgan fingerprint density at radius 1 is 1.41 bits per heavy atom. The highest BCUT2D eigenvalue weighted by molar-refractivity contribution is 4.94.